The fourth-order valence-electron chi connectivity index (χ4n) is 2.39. The van der Waals surface area contributed by atoms with Crippen LogP contribution in [0.4, 0.5) is 4.39 Å². The molecule has 0 radical (unpaired) electrons. The molecule has 2 atom stereocenters. The van der Waals surface area contributed by atoms with Crippen molar-refractivity contribution in [2.24, 2.45) is 0 Å². The molecule has 1 aliphatic heterocycles. The minimum atomic E-state index is -0.202. The average molecular weight is 255 g/mol. The van der Waals surface area contributed by atoms with Crippen LogP contribution >= 0.6 is 11.8 Å². The molecule has 0 saturated carbocycles. The first kappa shape index (κ1) is 12.7. The van der Waals surface area contributed by atoms with Crippen LogP contribution in [0.2, 0.25) is 0 Å². The van der Waals surface area contributed by atoms with Crippen LogP contribution in [-0.2, 0) is 5.75 Å². The van der Waals surface area contributed by atoms with Gasteiger partial charge in [0.2, 0.25) is 0 Å². The number of hydrogen-bond donors (Lipinski definition) is 1. The summed E-state index contributed by atoms with van der Waals surface area (Å²) in [5.41, 5.74) is 1.87. The van der Waals surface area contributed by atoms with Crippen LogP contribution in [-0.4, -0.2) is 19.4 Å². The monoisotopic (exact) mass is 255 g/mol. The molecule has 0 spiro atoms. The van der Waals surface area contributed by atoms with Crippen LogP contribution in [0.5, 0.6) is 5.75 Å². The van der Waals surface area contributed by atoms with E-state index in [2.05, 4.69) is 12.2 Å². The zero-order valence-corrected chi connectivity index (χ0v) is 11.2. The highest BCUT2D eigenvalue weighted by atomic mass is 32.2. The van der Waals surface area contributed by atoms with Gasteiger partial charge in [0.1, 0.15) is 0 Å². The highest BCUT2D eigenvalue weighted by Gasteiger charge is 2.30. The van der Waals surface area contributed by atoms with Gasteiger partial charge in [-0.25, -0.2) is 4.39 Å². The first-order chi connectivity index (χ1) is 8.22. The lowest BCUT2D eigenvalue weighted by Gasteiger charge is -2.32. The van der Waals surface area contributed by atoms with Crippen LogP contribution in [0.3, 0.4) is 0 Å². The van der Waals surface area contributed by atoms with Gasteiger partial charge in [-0.3, -0.25) is 0 Å². The summed E-state index contributed by atoms with van der Waals surface area (Å²) in [5, 5.41) is 3.81. The summed E-state index contributed by atoms with van der Waals surface area (Å²) in [6, 6.07) is 3.94. The van der Waals surface area contributed by atoms with E-state index in [0.29, 0.717) is 11.0 Å². The smallest absolute Gasteiger partial charge is 0.169 e. The lowest BCUT2D eigenvalue weighted by atomic mass is 9.96. The number of methoxy groups -OCH3 is 1. The summed E-state index contributed by atoms with van der Waals surface area (Å²) in [5.74, 6) is 0.871. The molecule has 0 amide bonds. The first-order valence-corrected chi connectivity index (χ1v) is 6.91. The number of fused-ring (bicyclic) bond motifs is 1. The van der Waals surface area contributed by atoms with E-state index >= 15 is 0 Å². The van der Waals surface area contributed by atoms with Crippen molar-refractivity contribution in [2.75, 3.05) is 14.2 Å². The zero-order chi connectivity index (χ0) is 12.4. The Morgan fingerprint density at radius 2 is 2.29 bits per heavy atom. The van der Waals surface area contributed by atoms with Gasteiger partial charge in [-0.1, -0.05) is 13.0 Å². The van der Waals surface area contributed by atoms with E-state index in [1.165, 1.54) is 7.11 Å². The van der Waals surface area contributed by atoms with Crippen molar-refractivity contribution in [3.63, 3.8) is 0 Å². The van der Waals surface area contributed by atoms with Crippen molar-refractivity contribution < 1.29 is 9.13 Å². The van der Waals surface area contributed by atoms with E-state index in [0.717, 1.165) is 23.3 Å². The Balaban J connectivity index is 2.45. The van der Waals surface area contributed by atoms with Gasteiger partial charge in [-0.15, -0.1) is 0 Å². The van der Waals surface area contributed by atoms with Gasteiger partial charge >= 0.3 is 0 Å². The van der Waals surface area contributed by atoms with Gasteiger partial charge in [-0.2, -0.15) is 11.8 Å². The quantitative estimate of drug-likeness (QED) is 0.896. The van der Waals surface area contributed by atoms with E-state index < -0.39 is 0 Å². The third-order valence-corrected chi connectivity index (χ3v) is 4.81. The zero-order valence-electron chi connectivity index (χ0n) is 10.4. The molecule has 1 aromatic rings. The van der Waals surface area contributed by atoms with Crippen molar-refractivity contribution in [3.05, 3.63) is 29.1 Å². The molecule has 0 aliphatic carbocycles. The Bertz CT molecular complexity index is 411. The topological polar surface area (TPSA) is 21.3 Å². The molecule has 0 aromatic heterocycles. The van der Waals surface area contributed by atoms with Crippen LogP contribution in [0.15, 0.2) is 12.1 Å². The lowest BCUT2D eigenvalue weighted by Crippen LogP contribution is -2.31. The number of thioether (sulfide) groups is 1. The van der Waals surface area contributed by atoms with Crippen molar-refractivity contribution in [2.45, 2.75) is 30.4 Å². The van der Waals surface area contributed by atoms with Crippen molar-refractivity contribution in [1.82, 2.24) is 5.32 Å². The molecular weight excluding hydrogens is 237 g/mol. The predicted octanol–water partition coefficient (Wildman–Crippen LogP) is 3.12. The molecule has 0 saturated heterocycles. The van der Waals surface area contributed by atoms with Crippen molar-refractivity contribution in [3.8, 4) is 5.75 Å². The summed E-state index contributed by atoms with van der Waals surface area (Å²) < 4.78 is 19.2. The number of halogens is 1. The summed E-state index contributed by atoms with van der Waals surface area (Å²) >= 11 is 1.81. The molecule has 4 heteroatoms. The third-order valence-electron chi connectivity index (χ3n) is 3.33. The highest BCUT2D eigenvalue weighted by molar-refractivity contribution is 7.99. The van der Waals surface area contributed by atoms with E-state index in [9.17, 15) is 4.39 Å². The van der Waals surface area contributed by atoms with Gasteiger partial charge in [0.25, 0.3) is 0 Å². The largest absolute Gasteiger partial charge is 0.494 e. The molecule has 94 valence electrons. The number of hydrogen-bond acceptors (Lipinski definition) is 3. The Morgan fingerprint density at radius 1 is 1.53 bits per heavy atom. The van der Waals surface area contributed by atoms with E-state index in [4.69, 9.17) is 4.74 Å². The standard InChI is InChI=1S/C13H18FNOS/c1-4-11-13(15-2)8-5-6-10(16-3)12(14)9(8)7-17-11/h5-6,11,13,15H,4,7H2,1-3H3. The van der Waals surface area contributed by atoms with Crippen molar-refractivity contribution in [1.29, 1.82) is 0 Å². The molecule has 1 aromatic carbocycles. The van der Waals surface area contributed by atoms with E-state index in [1.807, 2.05) is 24.9 Å². The highest BCUT2D eigenvalue weighted by Crippen LogP contribution is 2.41. The maximum atomic E-state index is 14.1. The summed E-state index contributed by atoms with van der Waals surface area (Å²) in [7, 11) is 3.44. The molecule has 2 nitrogen and oxygen atoms in total. The van der Waals surface area contributed by atoms with E-state index in [-0.39, 0.29) is 11.9 Å². The molecule has 2 rings (SSSR count). The number of ether oxygens (including phenoxy) is 1. The fourth-order valence-corrected chi connectivity index (χ4v) is 3.78. The Kier molecular flexibility index (Phi) is 3.94. The molecule has 1 heterocycles. The van der Waals surface area contributed by atoms with E-state index in [1.54, 1.807) is 6.07 Å². The first-order valence-electron chi connectivity index (χ1n) is 5.87. The van der Waals surface area contributed by atoms with Gasteiger partial charge in [-0.05, 0) is 25.1 Å². The SMILES string of the molecule is CCC1SCc2c(ccc(OC)c2F)C1NC. The van der Waals surface area contributed by atoms with Crippen molar-refractivity contribution >= 4 is 11.8 Å². The fraction of sp³-hybridized carbons (Fsp3) is 0.538. The minimum Gasteiger partial charge on any atom is -0.494 e. The van der Waals surface area contributed by atoms with Crippen LogP contribution in [0, 0.1) is 5.82 Å². The number of nitrogens with one attached hydrogen (secondary N) is 1. The van der Waals surface area contributed by atoms with Gasteiger partial charge < -0.3 is 10.1 Å². The second kappa shape index (κ2) is 5.27. The number of benzene rings is 1. The third kappa shape index (κ3) is 2.16. The van der Waals surface area contributed by atoms with Crippen LogP contribution in [0.1, 0.15) is 30.5 Å². The maximum Gasteiger partial charge on any atom is 0.169 e. The Hall–Kier alpha value is -0.740. The molecule has 2 unspecified atom stereocenters. The molecular formula is C13H18FNOS. The molecule has 1 aliphatic rings. The van der Waals surface area contributed by atoms with Crippen LogP contribution < -0.4 is 10.1 Å². The predicted molar refractivity (Wildman–Crippen MR) is 70.1 cm³/mol. The second-order valence-electron chi connectivity index (χ2n) is 4.17. The molecule has 0 fully saturated rings. The lowest BCUT2D eigenvalue weighted by molar-refractivity contribution is 0.383. The molecule has 1 N–H and O–H groups in total. The Labute approximate surface area is 106 Å². The van der Waals surface area contributed by atoms with Gasteiger partial charge in [0, 0.05) is 22.6 Å². The molecule has 0 bridgehead atoms. The Morgan fingerprint density at radius 3 is 2.88 bits per heavy atom. The summed E-state index contributed by atoms with van der Waals surface area (Å²) in [4.78, 5) is 0. The molecule has 17 heavy (non-hydrogen) atoms. The summed E-state index contributed by atoms with van der Waals surface area (Å²) in [6.45, 7) is 2.17. The normalized spacial score (nSPS) is 23.3. The van der Waals surface area contributed by atoms with Gasteiger partial charge in [0.15, 0.2) is 11.6 Å². The number of rotatable bonds is 3. The van der Waals surface area contributed by atoms with Crippen LogP contribution in [0.25, 0.3) is 0 Å². The van der Waals surface area contributed by atoms with Gasteiger partial charge in [0.05, 0.1) is 7.11 Å². The maximum absolute atomic E-state index is 14.1. The summed E-state index contributed by atoms with van der Waals surface area (Å²) in [6.07, 6.45) is 1.09. The second-order valence-corrected chi connectivity index (χ2v) is 5.40. The average Bonchev–Trinajstić information content (AvgIpc) is 2.37. The minimum absolute atomic E-state index is 0.202.